The molecule has 1 aromatic rings. The minimum Gasteiger partial charge on any atom is -0.496 e. The molecule has 0 saturated carbocycles. The van der Waals surface area contributed by atoms with Crippen molar-refractivity contribution in [2.75, 3.05) is 20.8 Å². The van der Waals surface area contributed by atoms with Gasteiger partial charge in [-0.1, -0.05) is 12.6 Å². The van der Waals surface area contributed by atoms with Gasteiger partial charge >= 0.3 is 5.97 Å². The monoisotopic (exact) mass is 236 g/mol. The van der Waals surface area contributed by atoms with Crippen LogP contribution in [0.4, 0.5) is 0 Å². The molecule has 0 spiro atoms. The summed E-state index contributed by atoms with van der Waals surface area (Å²) in [7, 11) is 2.82. The van der Waals surface area contributed by atoms with Crippen molar-refractivity contribution in [3.63, 3.8) is 0 Å². The fraction of sp³-hybridized carbons (Fsp3) is 0.308. The average molecular weight is 236 g/mol. The quantitative estimate of drug-likeness (QED) is 0.582. The van der Waals surface area contributed by atoms with Gasteiger partial charge in [-0.25, -0.2) is 4.79 Å². The Kier molecular flexibility index (Phi) is 4.57. The smallest absolute Gasteiger partial charge is 0.341 e. The van der Waals surface area contributed by atoms with Crippen molar-refractivity contribution in [2.24, 2.45) is 0 Å². The molecule has 0 atom stereocenters. The first-order chi connectivity index (χ1) is 8.13. The highest BCUT2D eigenvalue weighted by Crippen LogP contribution is 2.24. The summed E-state index contributed by atoms with van der Waals surface area (Å²) in [6.07, 6.45) is 0. The van der Waals surface area contributed by atoms with Crippen LogP contribution in [0.3, 0.4) is 0 Å². The van der Waals surface area contributed by atoms with Gasteiger partial charge in [-0.05, 0) is 19.1 Å². The fourth-order valence-electron chi connectivity index (χ4n) is 1.40. The summed E-state index contributed by atoms with van der Waals surface area (Å²) < 4.78 is 15.1. The van der Waals surface area contributed by atoms with Gasteiger partial charge in [0.05, 0.1) is 20.8 Å². The van der Waals surface area contributed by atoms with Crippen LogP contribution >= 0.6 is 0 Å². The van der Waals surface area contributed by atoms with E-state index in [0.29, 0.717) is 23.7 Å². The van der Waals surface area contributed by atoms with Crippen LogP contribution in [-0.4, -0.2) is 26.8 Å². The molecule has 0 saturated heterocycles. The van der Waals surface area contributed by atoms with Crippen LogP contribution in [0.1, 0.15) is 22.8 Å². The Bertz CT molecular complexity index is 423. The molecule has 0 aliphatic rings. The van der Waals surface area contributed by atoms with Gasteiger partial charge in [-0.3, -0.25) is 0 Å². The summed E-state index contributed by atoms with van der Waals surface area (Å²) in [4.78, 5) is 11.4. The Morgan fingerprint density at radius 3 is 2.59 bits per heavy atom. The van der Waals surface area contributed by atoms with E-state index in [4.69, 9.17) is 9.47 Å². The first-order valence-corrected chi connectivity index (χ1v) is 5.22. The average Bonchev–Trinajstić information content (AvgIpc) is 2.37. The van der Waals surface area contributed by atoms with E-state index in [0.717, 1.165) is 5.56 Å². The molecule has 0 bridgehead atoms. The number of rotatable bonds is 5. The molecule has 0 amide bonds. The number of hydrogen-bond acceptors (Lipinski definition) is 4. The van der Waals surface area contributed by atoms with E-state index >= 15 is 0 Å². The number of hydrogen-bond donors (Lipinski definition) is 0. The molecule has 0 aliphatic carbocycles. The van der Waals surface area contributed by atoms with Crippen molar-refractivity contribution in [1.29, 1.82) is 0 Å². The highest BCUT2D eigenvalue weighted by atomic mass is 16.5. The van der Waals surface area contributed by atoms with Crippen LogP contribution in [0.25, 0.3) is 5.76 Å². The van der Waals surface area contributed by atoms with E-state index in [-0.39, 0.29) is 0 Å². The molecule has 1 rings (SSSR count). The van der Waals surface area contributed by atoms with Crippen LogP contribution in [0.5, 0.6) is 5.75 Å². The van der Waals surface area contributed by atoms with Crippen molar-refractivity contribution < 1.29 is 19.0 Å². The highest BCUT2D eigenvalue weighted by Gasteiger charge is 2.14. The molecule has 0 N–H and O–H groups in total. The molecule has 0 unspecified atom stereocenters. The number of esters is 1. The number of ether oxygens (including phenoxy) is 3. The summed E-state index contributed by atoms with van der Waals surface area (Å²) in [5, 5.41) is 0. The maximum atomic E-state index is 11.4. The first kappa shape index (κ1) is 13.1. The Hall–Kier alpha value is -1.97. The second kappa shape index (κ2) is 5.94. The summed E-state index contributed by atoms with van der Waals surface area (Å²) in [5.74, 6) is 0.549. The van der Waals surface area contributed by atoms with Gasteiger partial charge in [0.2, 0.25) is 0 Å². The summed E-state index contributed by atoms with van der Waals surface area (Å²) in [6, 6.07) is 5.07. The van der Waals surface area contributed by atoms with Crippen LogP contribution in [0.2, 0.25) is 0 Å². The van der Waals surface area contributed by atoms with Gasteiger partial charge in [-0.2, -0.15) is 0 Å². The zero-order chi connectivity index (χ0) is 12.8. The topological polar surface area (TPSA) is 44.8 Å². The maximum Gasteiger partial charge on any atom is 0.341 e. The van der Waals surface area contributed by atoms with Crippen molar-refractivity contribution in [3.05, 3.63) is 35.9 Å². The Labute approximate surface area is 101 Å². The molecule has 0 fully saturated rings. The van der Waals surface area contributed by atoms with Gasteiger partial charge in [0.15, 0.2) is 0 Å². The fourth-order valence-corrected chi connectivity index (χ4v) is 1.40. The molecule has 4 nitrogen and oxygen atoms in total. The Morgan fingerprint density at radius 2 is 2.06 bits per heavy atom. The molecule has 4 heteroatoms. The standard InChI is InChI=1S/C13H16O4/c1-5-17-9(2)10-6-7-11(13(14)16-4)12(8-10)15-3/h6-8H,2,5H2,1,3-4H3. The number of benzene rings is 1. The molecule has 1 aromatic carbocycles. The lowest BCUT2D eigenvalue weighted by Crippen LogP contribution is -2.04. The van der Waals surface area contributed by atoms with Crippen LogP contribution < -0.4 is 4.74 Å². The summed E-state index contributed by atoms with van der Waals surface area (Å²) >= 11 is 0. The maximum absolute atomic E-state index is 11.4. The minimum absolute atomic E-state index is 0.378. The third-order valence-electron chi connectivity index (χ3n) is 2.25. The van der Waals surface area contributed by atoms with E-state index in [9.17, 15) is 4.79 Å². The largest absolute Gasteiger partial charge is 0.496 e. The predicted molar refractivity (Wildman–Crippen MR) is 65.0 cm³/mol. The van der Waals surface area contributed by atoms with Crippen molar-refractivity contribution >= 4 is 11.7 Å². The predicted octanol–water partition coefficient (Wildman–Crippen LogP) is 2.49. The molecule has 0 aromatic heterocycles. The molecule has 92 valence electrons. The Balaban J connectivity index is 3.08. The number of methoxy groups -OCH3 is 2. The van der Waals surface area contributed by atoms with Gasteiger partial charge in [-0.15, -0.1) is 0 Å². The zero-order valence-corrected chi connectivity index (χ0v) is 10.3. The zero-order valence-electron chi connectivity index (χ0n) is 10.3. The van der Waals surface area contributed by atoms with E-state index in [1.54, 1.807) is 18.2 Å². The Morgan fingerprint density at radius 1 is 1.35 bits per heavy atom. The van der Waals surface area contributed by atoms with Crippen LogP contribution in [-0.2, 0) is 9.47 Å². The lowest BCUT2D eigenvalue weighted by atomic mass is 10.1. The van der Waals surface area contributed by atoms with Gasteiger partial charge in [0.25, 0.3) is 0 Å². The first-order valence-electron chi connectivity index (χ1n) is 5.22. The number of carbonyl (C=O) groups excluding carboxylic acids is 1. The molecule has 0 aliphatic heterocycles. The van der Waals surface area contributed by atoms with Gasteiger partial charge in [0, 0.05) is 5.56 Å². The van der Waals surface area contributed by atoms with Gasteiger partial charge in [0.1, 0.15) is 17.1 Å². The third kappa shape index (κ3) is 3.00. The lowest BCUT2D eigenvalue weighted by molar-refractivity contribution is 0.0597. The minimum atomic E-state index is -0.435. The van der Waals surface area contributed by atoms with E-state index in [1.165, 1.54) is 14.2 Å². The third-order valence-corrected chi connectivity index (χ3v) is 2.25. The van der Waals surface area contributed by atoms with Gasteiger partial charge < -0.3 is 14.2 Å². The van der Waals surface area contributed by atoms with E-state index in [2.05, 4.69) is 11.3 Å². The molecular weight excluding hydrogens is 220 g/mol. The SMILES string of the molecule is C=C(OCC)c1ccc(C(=O)OC)c(OC)c1. The van der Waals surface area contributed by atoms with Crippen LogP contribution in [0.15, 0.2) is 24.8 Å². The lowest BCUT2D eigenvalue weighted by Gasteiger charge is -2.11. The van der Waals surface area contributed by atoms with Crippen LogP contribution in [0, 0.1) is 0 Å². The van der Waals surface area contributed by atoms with E-state index in [1.807, 2.05) is 6.92 Å². The second-order valence-corrected chi connectivity index (χ2v) is 3.26. The molecule has 0 radical (unpaired) electrons. The molecular formula is C13H16O4. The van der Waals surface area contributed by atoms with Crippen molar-refractivity contribution in [1.82, 2.24) is 0 Å². The molecule has 17 heavy (non-hydrogen) atoms. The van der Waals surface area contributed by atoms with Crippen molar-refractivity contribution in [3.8, 4) is 5.75 Å². The summed E-state index contributed by atoms with van der Waals surface area (Å²) in [5.41, 5.74) is 1.15. The van der Waals surface area contributed by atoms with E-state index < -0.39 is 5.97 Å². The molecule has 0 heterocycles. The highest BCUT2D eigenvalue weighted by molar-refractivity contribution is 5.93. The normalized spacial score (nSPS) is 9.59. The summed E-state index contributed by atoms with van der Waals surface area (Å²) in [6.45, 7) is 6.21. The second-order valence-electron chi connectivity index (χ2n) is 3.26. The number of carbonyl (C=O) groups is 1. The van der Waals surface area contributed by atoms with Crippen molar-refractivity contribution in [2.45, 2.75) is 6.92 Å².